The van der Waals surface area contributed by atoms with Crippen LogP contribution in [0.2, 0.25) is 0 Å². The van der Waals surface area contributed by atoms with Gasteiger partial charge in [-0.1, -0.05) is 103 Å². The number of aryl methyl sites for hydroxylation is 3. The zero-order chi connectivity index (χ0) is 30.0. The van der Waals surface area contributed by atoms with Gasteiger partial charge in [0, 0.05) is 12.2 Å². The Labute approximate surface area is 256 Å². The molecule has 4 heteroatoms. The molecule has 2 aliphatic rings. The third-order valence-corrected chi connectivity index (χ3v) is 9.82. The van der Waals surface area contributed by atoms with Gasteiger partial charge in [0.15, 0.2) is 0 Å². The van der Waals surface area contributed by atoms with E-state index in [-0.39, 0.29) is 18.2 Å². The molecule has 0 heterocycles. The zero-order valence-electron chi connectivity index (χ0n) is 25.6. The second-order valence-corrected chi connectivity index (χ2v) is 12.8. The Hall–Kier alpha value is -4.18. The standard InChI is InChI=1S/C39H42N2O2/c1-27-20-28(2)37(29(3)21-27)40-38(43)39(19-18-34-23-32-16-10-11-17-33(32)24-35(34)25-39)41(26-31-14-8-5-9-15-31)36(42)22-30-12-6-4-7-13-30/h4-17,20-21,34-35H,18-19,22-26H2,1-3H3,(H,40,43)/t34-,35-,39-/m0/s1. The van der Waals surface area contributed by atoms with Gasteiger partial charge in [-0.25, -0.2) is 0 Å². The molecule has 0 aromatic heterocycles. The summed E-state index contributed by atoms with van der Waals surface area (Å²) in [6.07, 6.45) is 4.49. The summed E-state index contributed by atoms with van der Waals surface area (Å²) in [5.41, 5.74) is 8.00. The molecule has 220 valence electrons. The summed E-state index contributed by atoms with van der Waals surface area (Å²) >= 11 is 0. The van der Waals surface area contributed by atoms with E-state index in [2.05, 4.69) is 74.6 Å². The molecule has 0 saturated heterocycles. The average Bonchev–Trinajstić information content (AvgIpc) is 3.01. The van der Waals surface area contributed by atoms with Crippen LogP contribution >= 0.6 is 0 Å². The Morgan fingerprint density at radius 1 is 0.767 bits per heavy atom. The summed E-state index contributed by atoms with van der Waals surface area (Å²) in [4.78, 5) is 31.3. The summed E-state index contributed by atoms with van der Waals surface area (Å²) in [7, 11) is 0. The number of fused-ring (bicyclic) bond motifs is 2. The van der Waals surface area contributed by atoms with Crippen LogP contribution in [0.3, 0.4) is 0 Å². The van der Waals surface area contributed by atoms with Crippen LogP contribution in [0.15, 0.2) is 97.1 Å². The normalized spacial score (nSPS) is 20.9. The van der Waals surface area contributed by atoms with Crippen LogP contribution in [0.5, 0.6) is 0 Å². The van der Waals surface area contributed by atoms with Crippen LogP contribution in [-0.2, 0) is 35.4 Å². The number of nitrogens with one attached hydrogen (secondary N) is 1. The lowest BCUT2D eigenvalue weighted by Crippen LogP contribution is -2.62. The molecule has 4 aromatic rings. The number of amides is 2. The van der Waals surface area contributed by atoms with Crippen molar-refractivity contribution in [1.29, 1.82) is 0 Å². The Kier molecular flexibility index (Phi) is 8.21. The monoisotopic (exact) mass is 570 g/mol. The lowest BCUT2D eigenvalue weighted by atomic mass is 9.62. The largest absolute Gasteiger partial charge is 0.324 e. The minimum Gasteiger partial charge on any atom is -0.324 e. The number of carbonyl (C=O) groups is 2. The highest BCUT2D eigenvalue weighted by molar-refractivity contribution is 6.02. The Bertz CT molecular complexity index is 1590. The molecule has 1 saturated carbocycles. The summed E-state index contributed by atoms with van der Waals surface area (Å²) in [6, 6.07) is 33.0. The molecule has 4 aromatic carbocycles. The van der Waals surface area contributed by atoms with Crippen molar-refractivity contribution >= 4 is 17.5 Å². The van der Waals surface area contributed by atoms with Gasteiger partial charge >= 0.3 is 0 Å². The maximum Gasteiger partial charge on any atom is 0.250 e. The number of carbonyl (C=O) groups excluding carboxylic acids is 2. The van der Waals surface area contributed by atoms with Crippen LogP contribution in [0.1, 0.15) is 58.2 Å². The summed E-state index contributed by atoms with van der Waals surface area (Å²) < 4.78 is 0. The topological polar surface area (TPSA) is 49.4 Å². The Morgan fingerprint density at radius 2 is 1.33 bits per heavy atom. The van der Waals surface area contributed by atoms with E-state index in [1.165, 1.54) is 16.7 Å². The maximum atomic E-state index is 14.9. The molecule has 0 radical (unpaired) electrons. The van der Waals surface area contributed by atoms with Gasteiger partial charge in [0.25, 0.3) is 0 Å². The van der Waals surface area contributed by atoms with Gasteiger partial charge in [-0.3, -0.25) is 9.59 Å². The first-order valence-electron chi connectivity index (χ1n) is 15.7. The molecule has 1 N–H and O–H groups in total. The smallest absolute Gasteiger partial charge is 0.250 e. The molecule has 0 aliphatic heterocycles. The van der Waals surface area contributed by atoms with Gasteiger partial charge in [-0.2, -0.15) is 0 Å². The number of nitrogens with zero attached hydrogens (tertiary/aromatic N) is 1. The minimum absolute atomic E-state index is 0.00258. The maximum absolute atomic E-state index is 14.9. The molecule has 6 rings (SSSR count). The van der Waals surface area contributed by atoms with Crippen molar-refractivity contribution in [2.75, 3.05) is 5.32 Å². The van der Waals surface area contributed by atoms with E-state index in [9.17, 15) is 9.59 Å². The molecular weight excluding hydrogens is 528 g/mol. The second-order valence-electron chi connectivity index (χ2n) is 12.8. The van der Waals surface area contributed by atoms with Crippen LogP contribution in [-0.4, -0.2) is 22.3 Å². The van der Waals surface area contributed by atoms with E-state index < -0.39 is 5.54 Å². The molecular formula is C39H42N2O2. The molecule has 3 atom stereocenters. The predicted molar refractivity (Wildman–Crippen MR) is 174 cm³/mol. The predicted octanol–water partition coefficient (Wildman–Crippen LogP) is 7.78. The van der Waals surface area contributed by atoms with E-state index in [0.29, 0.717) is 31.2 Å². The fourth-order valence-electron chi connectivity index (χ4n) is 7.68. The zero-order valence-corrected chi connectivity index (χ0v) is 25.6. The fraction of sp³-hybridized carbons (Fsp3) is 0.333. The van der Waals surface area contributed by atoms with Crippen molar-refractivity contribution in [3.05, 3.63) is 136 Å². The molecule has 0 bridgehead atoms. The van der Waals surface area contributed by atoms with Crippen molar-refractivity contribution < 1.29 is 9.59 Å². The SMILES string of the molecule is Cc1cc(C)c(NC(=O)[C@]2(N(Cc3ccccc3)C(=O)Cc3ccccc3)CC[C@H]3Cc4ccccc4C[C@H]3C2)c(C)c1. The minimum atomic E-state index is -0.959. The highest BCUT2D eigenvalue weighted by Gasteiger charge is 2.52. The highest BCUT2D eigenvalue weighted by atomic mass is 16.2. The van der Waals surface area contributed by atoms with E-state index in [1.54, 1.807) is 0 Å². The first-order chi connectivity index (χ1) is 20.8. The van der Waals surface area contributed by atoms with Gasteiger partial charge < -0.3 is 10.2 Å². The Balaban J connectivity index is 1.42. The van der Waals surface area contributed by atoms with E-state index in [4.69, 9.17) is 0 Å². The molecule has 43 heavy (non-hydrogen) atoms. The molecule has 1 fully saturated rings. The van der Waals surface area contributed by atoms with Crippen molar-refractivity contribution in [2.24, 2.45) is 11.8 Å². The highest BCUT2D eigenvalue weighted by Crippen LogP contribution is 2.47. The van der Waals surface area contributed by atoms with Crippen LogP contribution < -0.4 is 5.32 Å². The third-order valence-electron chi connectivity index (χ3n) is 9.82. The van der Waals surface area contributed by atoms with Crippen molar-refractivity contribution in [3.63, 3.8) is 0 Å². The number of benzene rings is 4. The number of rotatable bonds is 7. The quantitative estimate of drug-likeness (QED) is 0.247. The van der Waals surface area contributed by atoms with Gasteiger partial charge in [-0.05, 0) is 98.1 Å². The van der Waals surface area contributed by atoms with E-state index >= 15 is 0 Å². The first kappa shape index (κ1) is 28.9. The van der Waals surface area contributed by atoms with Gasteiger partial charge in [0.05, 0.1) is 6.42 Å². The molecule has 2 amide bonds. The number of anilines is 1. The van der Waals surface area contributed by atoms with Crippen LogP contribution in [0, 0.1) is 32.6 Å². The average molecular weight is 571 g/mol. The first-order valence-corrected chi connectivity index (χ1v) is 15.7. The van der Waals surface area contributed by atoms with Crippen molar-refractivity contribution in [3.8, 4) is 0 Å². The summed E-state index contributed by atoms with van der Waals surface area (Å²) in [5, 5.41) is 3.38. The van der Waals surface area contributed by atoms with E-state index in [1.807, 2.05) is 53.4 Å². The fourth-order valence-corrected chi connectivity index (χ4v) is 7.68. The van der Waals surface area contributed by atoms with Gasteiger partial charge in [0.1, 0.15) is 5.54 Å². The number of hydrogen-bond acceptors (Lipinski definition) is 2. The molecule has 2 aliphatic carbocycles. The molecule has 0 unspecified atom stereocenters. The molecule has 4 nitrogen and oxygen atoms in total. The van der Waals surface area contributed by atoms with Gasteiger partial charge in [-0.15, -0.1) is 0 Å². The van der Waals surface area contributed by atoms with E-state index in [0.717, 1.165) is 47.2 Å². The molecule has 0 spiro atoms. The Morgan fingerprint density at radius 3 is 1.95 bits per heavy atom. The van der Waals surface area contributed by atoms with Gasteiger partial charge in [0.2, 0.25) is 11.8 Å². The third kappa shape index (κ3) is 6.01. The second kappa shape index (κ2) is 12.2. The summed E-state index contributed by atoms with van der Waals surface area (Å²) in [5.74, 6) is 0.785. The van der Waals surface area contributed by atoms with Crippen molar-refractivity contribution in [2.45, 2.75) is 71.4 Å². The van der Waals surface area contributed by atoms with Crippen LogP contribution in [0.25, 0.3) is 0 Å². The number of hydrogen-bond donors (Lipinski definition) is 1. The van der Waals surface area contributed by atoms with Crippen molar-refractivity contribution in [1.82, 2.24) is 4.90 Å². The summed E-state index contributed by atoms with van der Waals surface area (Å²) in [6.45, 7) is 6.60. The van der Waals surface area contributed by atoms with Crippen LogP contribution in [0.4, 0.5) is 5.69 Å². The lowest BCUT2D eigenvalue weighted by Gasteiger charge is -2.51. The lowest BCUT2D eigenvalue weighted by molar-refractivity contribution is -0.150.